The van der Waals surface area contributed by atoms with Crippen LogP contribution in [-0.2, 0) is 28.8 Å². The van der Waals surface area contributed by atoms with Gasteiger partial charge in [-0.25, -0.2) is 0 Å². The Morgan fingerprint density at radius 2 is 2.14 bits per heavy atom. The molecule has 116 valence electrons. The fraction of sp³-hybridized carbons (Fsp3) is 0.588. The summed E-state index contributed by atoms with van der Waals surface area (Å²) < 4.78 is 10.3. The predicted molar refractivity (Wildman–Crippen MR) is 82.6 cm³/mol. The maximum Gasteiger partial charge on any atom is 0.305 e. The molecule has 0 saturated heterocycles. The smallest absolute Gasteiger partial charge is 0.305 e. The van der Waals surface area contributed by atoms with Crippen LogP contribution in [-0.4, -0.2) is 25.7 Å². The molecule has 1 aliphatic rings. The summed E-state index contributed by atoms with van der Waals surface area (Å²) in [6.07, 6.45) is 5.18. The summed E-state index contributed by atoms with van der Waals surface area (Å²) in [5.41, 5.74) is 10.1. The third kappa shape index (κ3) is 4.21. The van der Waals surface area contributed by atoms with E-state index in [1.807, 2.05) is 6.92 Å². The summed E-state index contributed by atoms with van der Waals surface area (Å²) in [5.74, 6) is 0.804. The summed E-state index contributed by atoms with van der Waals surface area (Å²) >= 11 is 0. The van der Waals surface area contributed by atoms with E-state index in [2.05, 4.69) is 16.9 Å². The summed E-state index contributed by atoms with van der Waals surface area (Å²) in [4.78, 5) is 11.1. The van der Waals surface area contributed by atoms with Crippen LogP contribution in [0, 0.1) is 0 Å². The molecule has 1 aliphatic carbocycles. The zero-order valence-electron chi connectivity index (χ0n) is 13.0. The number of unbranched alkanes of at least 4 members (excludes halogenated alkanes) is 1. The van der Waals surface area contributed by atoms with Gasteiger partial charge < -0.3 is 15.2 Å². The first-order valence-electron chi connectivity index (χ1n) is 7.74. The Labute approximate surface area is 126 Å². The number of hydrogen-bond donors (Lipinski definition) is 1. The Morgan fingerprint density at radius 1 is 1.33 bits per heavy atom. The number of nitrogens with two attached hydrogens (primary N) is 1. The van der Waals surface area contributed by atoms with Crippen molar-refractivity contribution in [3.8, 4) is 5.75 Å². The number of carbonyl (C=O) groups excluding carboxylic acids is 1. The van der Waals surface area contributed by atoms with Gasteiger partial charge in [-0.05, 0) is 67.9 Å². The topological polar surface area (TPSA) is 61.5 Å². The van der Waals surface area contributed by atoms with Gasteiger partial charge in [-0.1, -0.05) is 0 Å². The van der Waals surface area contributed by atoms with Crippen LogP contribution in [0.25, 0.3) is 0 Å². The van der Waals surface area contributed by atoms with Gasteiger partial charge in [0.1, 0.15) is 5.75 Å². The molecule has 1 unspecified atom stereocenters. The van der Waals surface area contributed by atoms with Crippen LogP contribution >= 0.6 is 0 Å². The number of benzene rings is 1. The minimum atomic E-state index is -0.134. The molecule has 0 radical (unpaired) electrons. The second-order valence-corrected chi connectivity index (χ2v) is 5.60. The number of ether oxygens (including phenoxy) is 2. The summed E-state index contributed by atoms with van der Waals surface area (Å²) in [6.45, 7) is 2.67. The first kappa shape index (κ1) is 15.8. The van der Waals surface area contributed by atoms with Crippen molar-refractivity contribution in [1.82, 2.24) is 0 Å². The highest BCUT2D eigenvalue weighted by atomic mass is 16.5. The van der Waals surface area contributed by atoms with E-state index in [0.29, 0.717) is 13.0 Å². The van der Waals surface area contributed by atoms with Crippen molar-refractivity contribution in [1.29, 1.82) is 0 Å². The number of rotatable bonds is 7. The maximum absolute atomic E-state index is 11.1. The SMILES string of the molecule is CCOc1cc(CCCCC(=O)OC)c2c(c1)CC(N)C2. The van der Waals surface area contributed by atoms with Gasteiger partial charge in [0, 0.05) is 12.5 Å². The van der Waals surface area contributed by atoms with Crippen LogP contribution in [0.15, 0.2) is 12.1 Å². The predicted octanol–water partition coefficient (Wildman–Crippen LogP) is 2.40. The van der Waals surface area contributed by atoms with Crippen molar-refractivity contribution >= 4 is 5.97 Å². The molecule has 0 aromatic heterocycles. The number of carbonyl (C=O) groups is 1. The van der Waals surface area contributed by atoms with Gasteiger partial charge in [-0.3, -0.25) is 4.79 Å². The molecule has 0 amide bonds. The van der Waals surface area contributed by atoms with E-state index in [4.69, 9.17) is 10.5 Å². The molecule has 2 N–H and O–H groups in total. The monoisotopic (exact) mass is 291 g/mol. The van der Waals surface area contributed by atoms with Gasteiger partial charge in [-0.2, -0.15) is 0 Å². The number of methoxy groups -OCH3 is 1. The van der Waals surface area contributed by atoms with Gasteiger partial charge >= 0.3 is 5.97 Å². The van der Waals surface area contributed by atoms with Gasteiger partial charge in [-0.15, -0.1) is 0 Å². The van der Waals surface area contributed by atoms with Crippen molar-refractivity contribution in [2.75, 3.05) is 13.7 Å². The molecule has 0 saturated carbocycles. The van der Waals surface area contributed by atoms with Crippen LogP contribution in [0.4, 0.5) is 0 Å². The average Bonchev–Trinajstić information content (AvgIpc) is 2.83. The second kappa shape index (κ2) is 7.46. The zero-order valence-corrected chi connectivity index (χ0v) is 13.0. The molecule has 4 nitrogen and oxygen atoms in total. The van der Waals surface area contributed by atoms with E-state index >= 15 is 0 Å². The minimum absolute atomic E-state index is 0.134. The van der Waals surface area contributed by atoms with Crippen LogP contribution in [0.2, 0.25) is 0 Å². The fourth-order valence-electron chi connectivity index (χ4n) is 2.99. The van der Waals surface area contributed by atoms with Crippen LogP contribution < -0.4 is 10.5 Å². The standard InChI is InChI=1S/C17H25NO3/c1-3-21-15-9-12(6-4-5-7-17(19)20-2)16-11-14(18)8-13(16)10-15/h9-10,14H,3-8,11,18H2,1-2H3. The average molecular weight is 291 g/mol. The first-order valence-corrected chi connectivity index (χ1v) is 7.74. The summed E-state index contributed by atoms with van der Waals surface area (Å²) in [7, 11) is 1.43. The molecule has 0 spiro atoms. The maximum atomic E-state index is 11.1. The third-order valence-corrected chi connectivity index (χ3v) is 3.97. The number of aryl methyl sites for hydroxylation is 1. The number of esters is 1. The van der Waals surface area contributed by atoms with Gasteiger partial charge in [0.2, 0.25) is 0 Å². The molecule has 0 heterocycles. The van der Waals surface area contributed by atoms with E-state index < -0.39 is 0 Å². The van der Waals surface area contributed by atoms with Crippen LogP contribution in [0.3, 0.4) is 0 Å². The lowest BCUT2D eigenvalue weighted by Gasteiger charge is -2.12. The first-order chi connectivity index (χ1) is 10.1. The quantitative estimate of drug-likeness (QED) is 0.619. The minimum Gasteiger partial charge on any atom is -0.494 e. The van der Waals surface area contributed by atoms with Crippen LogP contribution in [0.1, 0.15) is 42.9 Å². The highest BCUT2D eigenvalue weighted by Gasteiger charge is 2.22. The lowest BCUT2D eigenvalue weighted by atomic mass is 9.98. The third-order valence-electron chi connectivity index (χ3n) is 3.97. The molecule has 1 atom stereocenters. The molecule has 1 aromatic carbocycles. The molecule has 4 heteroatoms. The normalized spacial score (nSPS) is 16.6. The lowest BCUT2D eigenvalue weighted by Crippen LogP contribution is -2.19. The van der Waals surface area contributed by atoms with E-state index in [0.717, 1.165) is 37.9 Å². The Bertz CT molecular complexity index is 499. The van der Waals surface area contributed by atoms with E-state index in [1.54, 1.807) is 0 Å². The molecule has 0 bridgehead atoms. The molecular formula is C17H25NO3. The Morgan fingerprint density at radius 3 is 2.86 bits per heavy atom. The molecule has 21 heavy (non-hydrogen) atoms. The molecule has 1 aromatic rings. The van der Waals surface area contributed by atoms with Crippen LogP contribution in [0.5, 0.6) is 5.75 Å². The summed E-state index contributed by atoms with van der Waals surface area (Å²) in [6, 6.07) is 4.49. The number of hydrogen-bond acceptors (Lipinski definition) is 4. The van der Waals surface area contributed by atoms with Crippen molar-refractivity contribution < 1.29 is 14.3 Å². The van der Waals surface area contributed by atoms with Gasteiger partial charge in [0.15, 0.2) is 0 Å². The van der Waals surface area contributed by atoms with Crippen molar-refractivity contribution in [3.05, 3.63) is 28.8 Å². The largest absolute Gasteiger partial charge is 0.494 e. The molecule has 0 aliphatic heterocycles. The second-order valence-electron chi connectivity index (χ2n) is 5.60. The molecule has 0 fully saturated rings. The van der Waals surface area contributed by atoms with Crippen molar-refractivity contribution in [2.45, 2.75) is 51.5 Å². The molecular weight excluding hydrogens is 266 g/mol. The van der Waals surface area contributed by atoms with Crippen molar-refractivity contribution in [2.24, 2.45) is 5.73 Å². The zero-order chi connectivity index (χ0) is 15.2. The highest BCUT2D eigenvalue weighted by molar-refractivity contribution is 5.69. The van der Waals surface area contributed by atoms with E-state index in [-0.39, 0.29) is 12.0 Å². The van der Waals surface area contributed by atoms with Gasteiger partial charge in [0.25, 0.3) is 0 Å². The highest BCUT2D eigenvalue weighted by Crippen LogP contribution is 2.31. The van der Waals surface area contributed by atoms with E-state index in [1.165, 1.54) is 23.8 Å². The molecule has 2 rings (SSSR count). The summed E-state index contributed by atoms with van der Waals surface area (Å²) in [5, 5.41) is 0. The van der Waals surface area contributed by atoms with E-state index in [9.17, 15) is 4.79 Å². The number of fused-ring (bicyclic) bond motifs is 1. The lowest BCUT2D eigenvalue weighted by molar-refractivity contribution is -0.140. The fourth-order valence-corrected chi connectivity index (χ4v) is 2.99. The van der Waals surface area contributed by atoms with Gasteiger partial charge in [0.05, 0.1) is 13.7 Å². The van der Waals surface area contributed by atoms with Crippen molar-refractivity contribution in [3.63, 3.8) is 0 Å². The Kier molecular flexibility index (Phi) is 5.62. The Balaban J connectivity index is 2.02. The Hall–Kier alpha value is -1.55.